The molecular formula is C12H22N2O3S. The maximum Gasteiger partial charge on any atom is 0.326 e. The third-order valence-corrected chi connectivity index (χ3v) is 4.05. The Balaban J connectivity index is 2.54. The summed E-state index contributed by atoms with van der Waals surface area (Å²) in [6.07, 6.45) is 4.65. The van der Waals surface area contributed by atoms with E-state index in [0.717, 1.165) is 25.0 Å². The third kappa shape index (κ3) is 4.08. The van der Waals surface area contributed by atoms with Crippen LogP contribution in [0.25, 0.3) is 0 Å². The Bertz CT molecular complexity index is 308. The van der Waals surface area contributed by atoms with Crippen LogP contribution >= 0.6 is 11.8 Å². The number of carboxylic acid groups (broad SMARTS) is 1. The fourth-order valence-corrected chi connectivity index (χ4v) is 2.75. The summed E-state index contributed by atoms with van der Waals surface area (Å²) in [5.74, 6) is 0.0411. The summed E-state index contributed by atoms with van der Waals surface area (Å²) in [7, 11) is 1.73. The second kappa shape index (κ2) is 6.87. The maximum atomic E-state index is 12.0. The number of nitrogens with zero attached hydrogens (tertiary/aromatic N) is 1. The predicted octanol–water partition coefficient (Wildman–Crippen LogP) is 1.63. The van der Waals surface area contributed by atoms with E-state index < -0.39 is 12.0 Å². The van der Waals surface area contributed by atoms with E-state index in [1.54, 1.807) is 23.7 Å². The Morgan fingerprint density at radius 3 is 2.50 bits per heavy atom. The van der Waals surface area contributed by atoms with Crippen molar-refractivity contribution in [3.63, 3.8) is 0 Å². The van der Waals surface area contributed by atoms with Crippen LogP contribution in [0.2, 0.25) is 0 Å². The first-order chi connectivity index (χ1) is 8.51. The average molecular weight is 274 g/mol. The van der Waals surface area contributed by atoms with Crippen LogP contribution in [0.5, 0.6) is 0 Å². The fourth-order valence-electron chi connectivity index (χ4n) is 1.91. The number of hydrogen-bond acceptors (Lipinski definition) is 3. The summed E-state index contributed by atoms with van der Waals surface area (Å²) in [5, 5.41) is 11.7. The second-order valence-electron chi connectivity index (χ2n) is 4.73. The molecular weight excluding hydrogens is 252 g/mol. The van der Waals surface area contributed by atoms with Crippen molar-refractivity contribution < 1.29 is 14.7 Å². The van der Waals surface area contributed by atoms with Crippen molar-refractivity contribution in [3.8, 4) is 0 Å². The number of urea groups is 1. The molecule has 1 aliphatic carbocycles. The zero-order valence-electron chi connectivity index (χ0n) is 11.2. The number of carboxylic acids is 1. The molecule has 0 saturated heterocycles. The molecule has 1 fully saturated rings. The van der Waals surface area contributed by atoms with Crippen molar-refractivity contribution in [3.05, 3.63) is 0 Å². The fraction of sp³-hybridized carbons (Fsp3) is 0.833. The van der Waals surface area contributed by atoms with Gasteiger partial charge in [-0.25, -0.2) is 9.59 Å². The monoisotopic (exact) mass is 274 g/mol. The van der Waals surface area contributed by atoms with Gasteiger partial charge in [0.15, 0.2) is 0 Å². The lowest BCUT2D eigenvalue weighted by molar-refractivity contribution is -0.139. The van der Waals surface area contributed by atoms with Crippen molar-refractivity contribution in [2.45, 2.75) is 38.3 Å². The van der Waals surface area contributed by atoms with Crippen LogP contribution in [0.4, 0.5) is 4.79 Å². The zero-order valence-corrected chi connectivity index (χ0v) is 12.0. The number of carbonyl (C=O) groups excluding carboxylic acids is 1. The molecule has 0 aromatic carbocycles. The number of nitrogens with one attached hydrogen (secondary N) is 1. The molecule has 0 spiro atoms. The van der Waals surface area contributed by atoms with Crippen LogP contribution in [0, 0.1) is 5.92 Å². The molecule has 104 valence electrons. The molecule has 18 heavy (non-hydrogen) atoms. The summed E-state index contributed by atoms with van der Waals surface area (Å²) in [5.41, 5.74) is 0. The van der Waals surface area contributed by atoms with Gasteiger partial charge in [-0.05, 0) is 31.4 Å². The summed E-state index contributed by atoms with van der Waals surface area (Å²) in [4.78, 5) is 24.7. The van der Waals surface area contributed by atoms with Gasteiger partial charge < -0.3 is 15.3 Å². The van der Waals surface area contributed by atoms with Crippen LogP contribution in [0.15, 0.2) is 0 Å². The average Bonchev–Trinajstić information content (AvgIpc) is 3.15. The maximum absolute atomic E-state index is 12.0. The van der Waals surface area contributed by atoms with E-state index in [9.17, 15) is 9.59 Å². The summed E-state index contributed by atoms with van der Waals surface area (Å²) < 4.78 is 0. The van der Waals surface area contributed by atoms with Crippen molar-refractivity contribution >= 4 is 23.8 Å². The highest BCUT2D eigenvalue weighted by molar-refractivity contribution is 7.98. The molecule has 1 rings (SSSR count). The van der Waals surface area contributed by atoms with Crippen LogP contribution in [0.3, 0.4) is 0 Å². The van der Waals surface area contributed by atoms with E-state index >= 15 is 0 Å². The van der Waals surface area contributed by atoms with E-state index in [4.69, 9.17) is 5.11 Å². The first-order valence-electron chi connectivity index (χ1n) is 6.26. The minimum Gasteiger partial charge on any atom is -0.480 e. The van der Waals surface area contributed by atoms with E-state index in [1.165, 1.54) is 0 Å². The Kier molecular flexibility index (Phi) is 5.78. The lowest BCUT2D eigenvalue weighted by Gasteiger charge is -2.28. The van der Waals surface area contributed by atoms with Gasteiger partial charge in [-0.15, -0.1) is 0 Å². The largest absolute Gasteiger partial charge is 0.480 e. The molecule has 0 heterocycles. The van der Waals surface area contributed by atoms with Gasteiger partial charge in [0.1, 0.15) is 6.04 Å². The van der Waals surface area contributed by atoms with Gasteiger partial charge in [0.25, 0.3) is 0 Å². The van der Waals surface area contributed by atoms with Crippen molar-refractivity contribution in [1.29, 1.82) is 0 Å². The molecule has 0 aromatic rings. The number of aliphatic carboxylic acids is 1. The molecule has 0 radical (unpaired) electrons. The molecule has 2 unspecified atom stereocenters. The molecule has 0 aliphatic heterocycles. The lowest BCUT2D eigenvalue weighted by atomic mass is 10.2. The Morgan fingerprint density at radius 2 is 2.11 bits per heavy atom. The topological polar surface area (TPSA) is 69.6 Å². The normalized spacial score (nSPS) is 17.9. The highest BCUT2D eigenvalue weighted by Gasteiger charge is 2.38. The van der Waals surface area contributed by atoms with Gasteiger partial charge in [0.2, 0.25) is 0 Å². The number of thioether (sulfide) groups is 1. The lowest BCUT2D eigenvalue weighted by Crippen LogP contribution is -2.51. The molecule has 1 saturated carbocycles. The van der Waals surface area contributed by atoms with Crippen LogP contribution in [-0.2, 0) is 4.79 Å². The molecule has 2 amide bonds. The second-order valence-corrected chi connectivity index (χ2v) is 5.64. The van der Waals surface area contributed by atoms with Gasteiger partial charge in [-0.2, -0.15) is 11.8 Å². The molecule has 0 bridgehead atoms. The number of amides is 2. The van der Waals surface area contributed by atoms with Crippen LogP contribution in [-0.4, -0.2) is 53.1 Å². The van der Waals surface area contributed by atoms with Gasteiger partial charge in [-0.3, -0.25) is 0 Å². The van der Waals surface area contributed by atoms with E-state index in [0.29, 0.717) is 0 Å². The minimum atomic E-state index is -0.933. The van der Waals surface area contributed by atoms with Gasteiger partial charge >= 0.3 is 12.0 Å². The highest BCUT2D eigenvalue weighted by atomic mass is 32.2. The van der Waals surface area contributed by atoms with Crippen molar-refractivity contribution in [1.82, 2.24) is 10.2 Å². The van der Waals surface area contributed by atoms with E-state index in [2.05, 4.69) is 5.32 Å². The number of carbonyl (C=O) groups is 2. The van der Waals surface area contributed by atoms with E-state index in [-0.39, 0.29) is 18.0 Å². The molecule has 6 heteroatoms. The minimum absolute atomic E-state index is 0.112. The Labute approximate surface area is 112 Å². The third-order valence-electron chi connectivity index (χ3n) is 3.34. The first-order valence-corrected chi connectivity index (χ1v) is 7.65. The van der Waals surface area contributed by atoms with E-state index in [1.807, 2.05) is 13.2 Å². The SMILES string of the molecule is CCC(CSC)N(C)C(=O)NC(C(=O)O)C1CC1. The molecule has 5 nitrogen and oxygen atoms in total. The molecule has 2 atom stereocenters. The predicted molar refractivity (Wildman–Crippen MR) is 72.9 cm³/mol. The first kappa shape index (κ1) is 15.1. The highest BCUT2D eigenvalue weighted by Crippen LogP contribution is 2.32. The number of hydrogen-bond donors (Lipinski definition) is 2. The van der Waals surface area contributed by atoms with Gasteiger partial charge in [-0.1, -0.05) is 6.92 Å². The zero-order chi connectivity index (χ0) is 13.7. The number of rotatable bonds is 7. The quantitative estimate of drug-likeness (QED) is 0.740. The Morgan fingerprint density at radius 1 is 1.50 bits per heavy atom. The Hall–Kier alpha value is -0.910. The van der Waals surface area contributed by atoms with Gasteiger partial charge in [0.05, 0.1) is 0 Å². The molecule has 1 aliphatic rings. The molecule has 0 aromatic heterocycles. The summed E-state index contributed by atoms with van der Waals surface area (Å²) in [6.45, 7) is 2.03. The van der Waals surface area contributed by atoms with Crippen molar-refractivity contribution in [2.24, 2.45) is 5.92 Å². The van der Waals surface area contributed by atoms with Gasteiger partial charge in [0, 0.05) is 18.8 Å². The summed E-state index contributed by atoms with van der Waals surface area (Å²) >= 11 is 1.69. The van der Waals surface area contributed by atoms with Crippen LogP contribution in [0.1, 0.15) is 26.2 Å². The van der Waals surface area contributed by atoms with Crippen LogP contribution < -0.4 is 5.32 Å². The smallest absolute Gasteiger partial charge is 0.326 e. The summed E-state index contributed by atoms with van der Waals surface area (Å²) in [6, 6.07) is -0.865. The standard InChI is InChI=1S/C12H22N2O3S/c1-4-9(7-18-3)14(2)12(17)13-10(11(15)16)8-5-6-8/h8-10H,4-7H2,1-3H3,(H,13,17)(H,15,16). The molecule has 2 N–H and O–H groups in total. The van der Waals surface area contributed by atoms with Crippen molar-refractivity contribution in [2.75, 3.05) is 19.1 Å².